The Morgan fingerprint density at radius 3 is 1.75 bits per heavy atom. The summed E-state index contributed by atoms with van der Waals surface area (Å²) in [7, 11) is 0. The Morgan fingerprint density at radius 1 is 0.345 bits per heavy atom. The van der Waals surface area contributed by atoms with Crippen molar-refractivity contribution < 1.29 is 9.15 Å². The normalized spacial score (nSPS) is 11.8. The lowest BCUT2D eigenvalue weighted by atomic mass is 9.93. The molecule has 0 aliphatic carbocycles. The van der Waals surface area contributed by atoms with Gasteiger partial charge in [0.25, 0.3) is 0 Å². The van der Waals surface area contributed by atoms with Gasteiger partial charge in [-0.15, -0.1) is 0 Å². The van der Waals surface area contributed by atoms with Crippen molar-refractivity contribution in [3.63, 3.8) is 0 Å². The molecule has 0 radical (unpaired) electrons. The number of furan rings is 1. The van der Waals surface area contributed by atoms with Crippen molar-refractivity contribution in [2.24, 2.45) is 0 Å². The minimum atomic E-state index is 0.833. The number of anilines is 3. The highest BCUT2D eigenvalue weighted by Crippen LogP contribution is 2.51. The van der Waals surface area contributed by atoms with Crippen LogP contribution in [-0.4, -0.2) is 0 Å². The minimum absolute atomic E-state index is 0.833. The molecule has 258 valence electrons. The molecule has 0 fully saturated rings. The number of nitrogens with zero attached hydrogens (tertiary/aromatic N) is 1. The third-order valence-corrected chi connectivity index (χ3v) is 10.9. The first kappa shape index (κ1) is 31.2. The van der Waals surface area contributed by atoms with E-state index in [1.165, 1.54) is 11.1 Å². The average molecular weight is 704 g/mol. The second kappa shape index (κ2) is 12.6. The van der Waals surface area contributed by atoms with Gasteiger partial charge < -0.3 is 14.1 Å². The lowest BCUT2D eigenvalue weighted by molar-refractivity contribution is 0.493. The van der Waals surface area contributed by atoms with Gasteiger partial charge in [0.05, 0.1) is 0 Å². The van der Waals surface area contributed by atoms with Gasteiger partial charge in [-0.05, 0) is 87.8 Å². The maximum absolute atomic E-state index is 6.90. The summed E-state index contributed by atoms with van der Waals surface area (Å²) in [5.41, 5.74) is 13.9. The van der Waals surface area contributed by atoms with Crippen LogP contribution in [0.5, 0.6) is 11.5 Å². The zero-order valence-electron chi connectivity index (χ0n) is 29.8. The number of hydrogen-bond donors (Lipinski definition) is 0. The summed E-state index contributed by atoms with van der Waals surface area (Å²) in [6.45, 7) is 0. The number of fused-ring (bicyclic) bond motifs is 10. The summed E-state index contributed by atoms with van der Waals surface area (Å²) in [4.78, 5) is 2.33. The molecule has 0 unspecified atom stereocenters. The van der Waals surface area contributed by atoms with Crippen molar-refractivity contribution in [1.29, 1.82) is 0 Å². The Labute approximate surface area is 318 Å². The van der Waals surface area contributed by atoms with E-state index in [1.54, 1.807) is 0 Å². The molecule has 3 nitrogen and oxygen atoms in total. The van der Waals surface area contributed by atoms with E-state index in [0.717, 1.165) is 94.7 Å². The molecule has 1 aliphatic heterocycles. The first-order chi connectivity index (χ1) is 27.3. The highest BCUT2D eigenvalue weighted by molar-refractivity contribution is 6.09. The van der Waals surface area contributed by atoms with Crippen molar-refractivity contribution in [3.05, 3.63) is 200 Å². The summed E-state index contributed by atoms with van der Waals surface area (Å²) in [5, 5.41) is 4.51. The van der Waals surface area contributed by atoms with Gasteiger partial charge in [0.2, 0.25) is 0 Å². The summed E-state index contributed by atoms with van der Waals surface area (Å²) in [6.07, 6.45) is 0. The fraction of sp³-hybridized carbons (Fsp3) is 0. The maximum atomic E-state index is 6.90. The van der Waals surface area contributed by atoms with Crippen molar-refractivity contribution in [2.45, 2.75) is 0 Å². The Morgan fingerprint density at radius 2 is 0.945 bits per heavy atom. The van der Waals surface area contributed by atoms with Gasteiger partial charge in [-0.2, -0.15) is 0 Å². The van der Waals surface area contributed by atoms with Crippen LogP contribution in [0.25, 0.3) is 77.2 Å². The molecule has 1 aliphatic rings. The standard InChI is InChI=1S/C52H33NO2/c1-2-11-34(12-3-1)35-21-26-38(27-22-35)53(39-28-23-37(24-29-39)42-18-10-19-46-45-17-8-9-20-49(45)54-51(42)46)40-30-32-50-48(33-40)44-16-7-6-15-43(44)47-31-25-36-13-4-5-14-41(36)52(47)55-50/h1-33H. The van der Waals surface area contributed by atoms with Crippen molar-refractivity contribution >= 4 is 49.8 Å². The van der Waals surface area contributed by atoms with Gasteiger partial charge in [-0.25, -0.2) is 0 Å². The van der Waals surface area contributed by atoms with E-state index in [9.17, 15) is 0 Å². The Kier molecular flexibility index (Phi) is 7.17. The number of para-hydroxylation sites is 2. The number of hydrogen-bond acceptors (Lipinski definition) is 3. The molecule has 0 saturated carbocycles. The highest BCUT2D eigenvalue weighted by atomic mass is 16.5. The van der Waals surface area contributed by atoms with Crippen LogP contribution in [0.4, 0.5) is 17.1 Å². The van der Waals surface area contributed by atoms with E-state index in [-0.39, 0.29) is 0 Å². The van der Waals surface area contributed by atoms with Crippen LogP contribution in [0.1, 0.15) is 0 Å². The smallest absolute Gasteiger partial charge is 0.143 e. The van der Waals surface area contributed by atoms with E-state index in [4.69, 9.17) is 9.15 Å². The van der Waals surface area contributed by atoms with Gasteiger partial charge in [-0.3, -0.25) is 0 Å². The molecular weight excluding hydrogens is 671 g/mol. The Hall–Kier alpha value is -7.36. The lowest BCUT2D eigenvalue weighted by Crippen LogP contribution is -2.10. The monoisotopic (exact) mass is 703 g/mol. The molecule has 3 heteroatoms. The molecule has 10 aromatic rings. The van der Waals surface area contributed by atoms with E-state index in [2.05, 4.69) is 193 Å². The molecule has 1 aromatic heterocycles. The molecule has 0 saturated heterocycles. The van der Waals surface area contributed by atoms with Crippen LogP contribution in [0, 0.1) is 0 Å². The molecular formula is C52H33NO2. The molecule has 0 bridgehead atoms. The highest BCUT2D eigenvalue weighted by Gasteiger charge is 2.24. The van der Waals surface area contributed by atoms with E-state index in [0.29, 0.717) is 0 Å². The van der Waals surface area contributed by atoms with Crippen LogP contribution in [-0.2, 0) is 0 Å². The summed E-state index contributed by atoms with van der Waals surface area (Å²) < 4.78 is 13.3. The molecule has 2 heterocycles. The molecule has 0 spiro atoms. The van der Waals surface area contributed by atoms with Crippen LogP contribution in [0.3, 0.4) is 0 Å². The molecule has 9 aromatic carbocycles. The van der Waals surface area contributed by atoms with E-state index >= 15 is 0 Å². The van der Waals surface area contributed by atoms with Crippen LogP contribution in [0.2, 0.25) is 0 Å². The number of rotatable bonds is 5. The summed E-state index contributed by atoms with van der Waals surface area (Å²) in [6, 6.07) is 70.9. The first-order valence-electron chi connectivity index (χ1n) is 18.7. The van der Waals surface area contributed by atoms with Crippen LogP contribution in [0.15, 0.2) is 205 Å². The first-order valence-corrected chi connectivity index (χ1v) is 18.7. The zero-order chi connectivity index (χ0) is 36.3. The SMILES string of the molecule is c1ccc(-c2ccc(N(c3ccc(-c4cccc5c4oc4ccccc45)cc3)c3ccc4c(c3)-c3ccccc3-c3ccc5ccccc5c3O4)cc2)cc1. The molecule has 55 heavy (non-hydrogen) atoms. The molecule has 0 N–H and O–H groups in total. The lowest BCUT2D eigenvalue weighted by Gasteiger charge is -2.27. The topological polar surface area (TPSA) is 25.6 Å². The number of benzene rings is 9. The van der Waals surface area contributed by atoms with Gasteiger partial charge in [0, 0.05) is 49.9 Å². The fourth-order valence-electron chi connectivity index (χ4n) is 8.23. The van der Waals surface area contributed by atoms with E-state index in [1.807, 2.05) is 12.1 Å². The third-order valence-electron chi connectivity index (χ3n) is 10.9. The third kappa shape index (κ3) is 5.20. The predicted octanol–water partition coefficient (Wildman–Crippen LogP) is 15.0. The quantitative estimate of drug-likeness (QED) is 0.178. The second-order valence-electron chi connectivity index (χ2n) is 14.1. The van der Waals surface area contributed by atoms with Crippen molar-refractivity contribution in [2.75, 3.05) is 4.90 Å². The van der Waals surface area contributed by atoms with Gasteiger partial charge in [0.15, 0.2) is 0 Å². The molecule has 0 amide bonds. The van der Waals surface area contributed by atoms with Crippen LogP contribution < -0.4 is 9.64 Å². The Balaban J connectivity index is 1.06. The minimum Gasteiger partial charge on any atom is -0.455 e. The predicted molar refractivity (Wildman–Crippen MR) is 228 cm³/mol. The maximum Gasteiger partial charge on any atom is 0.143 e. The van der Waals surface area contributed by atoms with E-state index < -0.39 is 0 Å². The van der Waals surface area contributed by atoms with Crippen molar-refractivity contribution in [1.82, 2.24) is 0 Å². The Bertz CT molecular complexity index is 3050. The van der Waals surface area contributed by atoms with Gasteiger partial charge >= 0.3 is 0 Å². The zero-order valence-corrected chi connectivity index (χ0v) is 29.8. The summed E-state index contributed by atoms with van der Waals surface area (Å²) >= 11 is 0. The average Bonchev–Trinajstić information content (AvgIpc) is 3.57. The summed E-state index contributed by atoms with van der Waals surface area (Å²) in [5.74, 6) is 1.72. The van der Waals surface area contributed by atoms with Gasteiger partial charge in [-0.1, -0.05) is 146 Å². The second-order valence-corrected chi connectivity index (χ2v) is 14.1. The molecule has 11 rings (SSSR count). The fourth-order valence-corrected chi connectivity index (χ4v) is 8.23. The largest absolute Gasteiger partial charge is 0.455 e. The van der Waals surface area contributed by atoms with Gasteiger partial charge in [0.1, 0.15) is 22.7 Å². The van der Waals surface area contributed by atoms with Crippen LogP contribution >= 0.6 is 0 Å². The van der Waals surface area contributed by atoms with Crippen molar-refractivity contribution in [3.8, 4) is 56.0 Å². The number of ether oxygens (including phenoxy) is 1. The molecule has 0 atom stereocenters.